The van der Waals surface area contributed by atoms with E-state index >= 15 is 0 Å². The summed E-state index contributed by atoms with van der Waals surface area (Å²) in [7, 11) is 0. The fourth-order valence-corrected chi connectivity index (χ4v) is 2.24. The third-order valence-electron chi connectivity index (χ3n) is 2.33. The zero-order valence-corrected chi connectivity index (χ0v) is 10.1. The number of hydrogen-bond donors (Lipinski definition) is 1. The van der Waals surface area contributed by atoms with Crippen LogP contribution in [0.5, 0.6) is 0 Å². The molecule has 0 aliphatic carbocycles. The Balaban J connectivity index is 1.93. The van der Waals surface area contributed by atoms with Crippen molar-refractivity contribution in [2.75, 3.05) is 0 Å². The standard InChI is InChI=1S/C10H12N4O2S/c1-7-9(17-6-11-7)2-3-14-5-8(12-13-14)4-10(15)16/h5-6H,2-4H2,1H3,(H,15,16). The molecule has 0 unspecified atom stereocenters. The minimum absolute atomic E-state index is 0.0837. The molecule has 0 saturated heterocycles. The lowest BCUT2D eigenvalue weighted by Gasteiger charge is -1.98. The normalized spacial score (nSPS) is 10.6. The molecule has 0 amide bonds. The molecule has 0 aliphatic rings. The van der Waals surface area contributed by atoms with Gasteiger partial charge in [0.05, 0.1) is 23.3 Å². The van der Waals surface area contributed by atoms with E-state index in [9.17, 15) is 4.79 Å². The number of aromatic nitrogens is 4. The van der Waals surface area contributed by atoms with Crippen molar-refractivity contribution < 1.29 is 9.90 Å². The van der Waals surface area contributed by atoms with Crippen LogP contribution in [-0.4, -0.2) is 31.1 Å². The molecule has 0 spiro atoms. The molecule has 0 fully saturated rings. The molecule has 6 nitrogen and oxygen atoms in total. The number of carbonyl (C=O) groups is 1. The number of hydrogen-bond acceptors (Lipinski definition) is 5. The summed E-state index contributed by atoms with van der Waals surface area (Å²) in [6, 6.07) is 0. The highest BCUT2D eigenvalue weighted by molar-refractivity contribution is 7.09. The Hall–Kier alpha value is -1.76. The molecular formula is C10H12N4O2S. The summed E-state index contributed by atoms with van der Waals surface area (Å²) in [5, 5.41) is 16.3. The van der Waals surface area contributed by atoms with Gasteiger partial charge in [-0.05, 0) is 6.92 Å². The van der Waals surface area contributed by atoms with E-state index in [4.69, 9.17) is 5.11 Å². The van der Waals surface area contributed by atoms with Crippen molar-refractivity contribution >= 4 is 17.3 Å². The van der Waals surface area contributed by atoms with Crippen LogP contribution in [0.1, 0.15) is 16.3 Å². The number of aliphatic carboxylic acids is 1. The lowest BCUT2D eigenvalue weighted by Crippen LogP contribution is -2.02. The third kappa shape index (κ3) is 3.10. The second kappa shape index (κ2) is 5.05. The first-order valence-corrected chi connectivity index (χ1v) is 6.03. The van der Waals surface area contributed by atoms with Crippen molar-refractivity contribution in [3.05, 3.63) is 28.0 Å². The van der Waals surface area contributed by atoms with Crippen LogP contribution in [0.15, 0.2) is 11.7 Å². The average molecular weight is 252 g/mol. The molecule has 0 aromatic carbocycles. The second-order valence-corrected chi connectivity index (χ2v) is 4.59. The predicted molar refractivity (Wildman–Crippen MR) is 61.9 cm³/mol. The number of aryl methyl sites for hydroxylation is 3. The zero-order chi connectivity index (χ0) is 12.3. The van der Waals surface area contributed by atoms with Gasteiger partial charge in [0.2, 0.25) is 0 Å². The van der Waals surface area contributed by atoms with Crippen molar-refractivity contribution in [1.29, 1.82) is 0 Å². The Kier molecular flexibility index (Phi) is 3.48. The molecule has 0 aliphatic heterocycles. The zero-order valence-electron chi connectivity index (χ0n) is 9.33. The molecule has 90 valence electrons. The maximum Gasteiger partial charge on any atom is 0.309 e. The first kappa shape index (κ1) is 11.7. The first-order chi connectivity index (χ1) is 8.15. The summed E-state index contributed by atoms with van der Waals surface area (Å²) < 4.78 is 1.66. The van der Waals surface area contributed by atoms with Gasteiger partial charge < -0.3 is 5.11 Å². The van der Waals surface area contributed by atoms with Gasteiger partial charge in [0, 0.05) is 24.0 Å². The molecule has 0 saturated carbocycles. The first-order valence-electron chi connectivity index (χ1n) is 5.15. The largest absolute Gasteiger partial charge is 0.481 e. The predicted octanol–water partition coefficient (Wildman–Crippen LogP) is 0.913. The third-order valence-corrected chi connectivity index (χ3v) is 3.33. The van der Waals surface area contributed by atoms with Crippen LogP contribution in [-0.2, 0) is 24.2 Å². The van der Waals surface area contributed by atoms with E-state index in [1.54, 1.807) is 22.2 Å². The summed E-state index contributed by atoms with van der Waals surface area (Å²) >= 11 is 1.62. The topological polar surface area (TPSA) is 80.9 Å². The summed E-state index contributed by atoms with van der Waals surface area (Å²) in [4.78, 5) is 15.9. The van der Waals surface area contributed by atoms with Gasteiger partial charge in [0.1, 0.15) is 0 Å². The Morgan fingerprint density at radius 1 is 1.59 bits per heavy atom. The number of carboxylic acids is 1. The molecule has 2 heterocycles. The Morgan fingerprint density at radius 3 is 3.06 bits per heavy atom. The van der Waals surface area contributed by atoms with Crippen LogP contribution in [0, 0.1) is 6.92 Å². The van der Waals surface area contributed by atoms with Crippen LogP contribution in [0.3, 0.4) is 0 Å². The quantitative estimate of drug-likeness (QED) is 0.855. The molecule has 2 aromatic heterocycles. The Bertz CT molecular complexity index is 520. The molecule has 0 bridgehead atoms. The summed E-state index contributed by atoms with van der Waals surface area (Å²) in [5.41, 5.74) is 3.35. The molecule has 17 heavy (non-hydrogen) atoms. The fraction of sp³-hybridized carbons (Fsp3) is 0.400. The molecule has 1 N–H and O–H groups in total. The average Bonchev–Trinajstić information content (AvgIpc) is 2.84. The minimum Gasteiger partial charge on any atom is -0.481 e. The van der Waals surface area contributed by atoms with E-state index in [1.165, 1.54) is 4.88 Å². The monoisotopic (exact) mass is 252 g/mol. The SMILES string of the molecule is Cc1ncsc1CCn1cc(CC(=O)O)nn1. The molecule has 2 aromatic rings. The van der Waals surface area contributed by atoms with Gasteiger partial charge in [-0.3, -0.25) is 9.48 Å². The van der Waals surface area contributed by atoms with Crippen molar-refractivity contribution in [3.63, 3.8) is 0 Å². The number of carboxylic acid groups (broad SMARTS) is 1. The Morgan fingerprint density at radius 2 is 2.41 bits per heavy atom. The number of rotatable bonds is 5. The van der Waals surface area contributed by atoms with E-state index in [1.807, 2.05) is 12.4 Å². The second-order valence-electron chi connectivity index (χ2n) is 3.65. The summed E-state index contributed by atoms with van der Waals surface area (Å²) in [5.74, 6) is -0.893. The lowest BCUT2D eigenvalue weighted by atomic mass is 10.3. The molecule has 0 atom stereocenters. The van der Waals surface area contributed by atoms with E-state index in [0.717, 1.165) is 12.1 Å². The highest BCUT2D eigenvalue weighted by atomic mass is 32.1. The maximum atomic E-state index is 10.5. The molecule has 2 rings (SSSR count). The smallest absolute Gasteiger partial charge is 0.309 e. The Labute approximate surface area is 102 Å². The van der Waals surface area contributed by atoms with Crippen LogP contribution >= 0.6 is 11.3 Å². The van der Waals surface area contributed by atoms with Gasteiger partial charge in [0.25, 0.3) is 0 Å². The highest BCUT2D eigenvalue weighted by Gasteiger charge is 2.06. The molecule has 0 radical (unpaired) electrons. The van der Waals surface area contributed by atoms with Gasteiger partial charge in [-0.1, -0.05) is 5.21 Å². The number of thiazole rings is 1. The van der Waals surface area contributed by atoms with Gasteiger partial charge in [-0.2, -0.15) is 0 Å². The van der Waals surface area contributed by atoms with Crippen molar-refractivity contribution in [3.8, 4) is 0 Å². The van der Waals surface area contributed by atoms with Crippen LogP contribution < -0.4 is 0 Å². The van der Waals surface area contributed by atoms with Gasteiger partial charge in [-0.15, -0.1) is 16.4 Å². The highest BCUT2D eigenvalue weighted by Crippen LogP contribution is 2.13. The van der Waals surface area contributed by atoms with E-state index in [0.29, 0.717) is 12.2 Å². The van der Waals surface area contributed by atoms with Crippen LogP contribution in [0.4, 0.5) is 0 Å². The summed E-state index contributed by atoms with van der Waals surface area (Å²) in [6.07, 6.45) is 2.43. The minimum atomic E-state index is -0.893. The van der Waals surface area contributed by atoms with Crippen molar-refractivity contribution in [2.45, 2.75) is 26.3 Å². The van der Waals surface area contributed by atoms with Gasteiger partial charge in [-0.25, -0.2) is 4.98 Å². The van der Waals surface area contributed by atoms with Gasteiger partial charge in [0.15, 0.2) is 0 Å². The van der Waals surface area contributed by atoms with Gasteiger partial charge >= 0.3 is 5.97 Å². The number of nitrogens with zero attached hydrogens (tertiary/aromatic N) is 4. The maximum absolute atomic E-state index is 10.5. The van der Waals surface area contributed by atoms with Crippen LogP contribution in [0.2, 0.25) is 0 Å². The lowest BCUT2D eigenvalue weighted by molar-refractivity contribution is -0.136. The van der Waals surface area contributed by atoms with E-state index < -0.39 is 5.97 Å². The molecule has 7 heteroatoms. The summed E-state index contributed by atoms with van der Waals surface area (Å²) in [6.45, 7) is 2.67. The van der Waals surface area contributed by atoms with Crippen molar-refractivity contribution in [2.24, 2.45) is 0 Å². The fourth-order valence-electron chi connectivity index (χ4n) is 1.47. The van der Waals surface area contributed by atoms with E-state index in [-0.39, 0.29) is 6.42 Å². The van der Waals surface area contributed by atoms with E-state index in [2.05, 4.69) is 15.3 Å². The van der Waals surface area contributed by atoms with Crippen LogP contribution in [0.25, 0.3) is 0 Å². The molecular weight excluding hydrogens is 240 g/mol. The van der Waals surface area contributed by atoms with Crippen molar-refractivity contribution in [1.82, 2.24) is 20.0 Å².